The van der Waals surface area contributed by atoms with E-state index in [1.807, 2.05) is 65.8 Å². The summed E-state index contributed by atoms with van der Waals surface area (Å²) in [4.78, 5) is 7.12. The first kappa shape index (κ1) is 26.4. The SMILES string of the molecule is CCOc1ccc2[nH]c(Cc3[nH]c4ccc(OCC)c(OCC)c4c3OCC)c(OCC)c2c1OCC. The molecular formula is C29H38N2O6. The zero-order valence-corrected chi connectivity index (χ0v) is 22.7. The van der Waals surface area contributed by atoms with Gasteiger partial charge in [-0.2, -0.15) is 0 Å². The highest BCUT2D eigenvalue weighted by molar-refractivity contribution is 5.97. The van der Waals surface area contributed by atoms with Crippen LogP contribution in [0.2, 0.25) is 0 Å². The number of hydrogen-bond donors (Lipinski definition) is 2. The number of hydrogen-bond acceptors (Lipinski definition) is 6. The van der Waals surface area contributed by atoms with Gasteiger partial charge >= 0.3 is 0 Å². The van der Waals surface area contributed by atoms with Crippen molar-refractivity contribution in [1.82, 2.24) is 9.97 Å². The van der Waals surface area contributed by atoms with Crippen molar-refractivity contribution in [3.8, 4) is 34.5 Å². The summed E-state index contributed by atoms with van der Waals surface area (Å²) in [5.74, 6) is 4.29. The Morgan fingerprint density at radius 1 is 0.459 bits per heavy atom. The van der Waals surface area contributed by atoms with E-state index < -0.39 is 0 Å². The number of fused-ring (bicyclic) bond motifs is 2. The Morgan fingerprint density at radius 3 is 1.16 bits per heavy atom. The minimum atomic E-state index is 0.515. The smallest absolute Gasteiger partial charge is 0.174 e. The largest absolute Gasteiger partial charge is 0.491 e. The summed E-state index contributed by atoms with van der Waals surface area (Å²) in [6, 6.07) is 7.88. The van der Waals surface area contributed by atoms with Crippen LogP contribution in [-0.2, 0) is 6.42 Å². The highest BCUT2D eigenvalue weighted by Crippen LogP contribution is 2.46. The predicted octanol–water partition coefficient (Wildman–Crippen LogP) is 6.63. The lowest BCUT2D eigenvalue weighted by Crippen LogP contribution is -2.01. The van der Waals surface area contributed by atoms with Crippen molar-refractivity contribution in [3.05, 3.63) is 35.7 Å². The number of H-pyrrole nitrogens is 2. The van der Waals surface area contributed by atoms with Crippen molar-refractivity contribution in [3.63, 3.8) is 0 Å². The summed E-state index contributed by atoms with van der Waals surface area (Å²) < 4.78 is 36.3. The quantitative estimate of drug-likeness (QED) is 0.198. The first-order chi connectivity index (χ1) is 18.1. The predicted molar refractivity (Wildman–Crippen MR) is 146 cm³/mol. The molecule has 200 valence electrons. The molecule has 0 saturated carbocycles. The number of rotatable bonds is 14. The molecule has 4 rings (SSSR count). The van der Waals surface area contributed by atoms with Crippen molar-refractivity contribution in [2.24, 2.45) is 0 Å². The van der Waals surface area contributed by atoms with Gasteiger partial charge in [-0.1, -0.05) is 0 Å². The number of ether oxygens (including phenoxy) is 6. The lowest BCUT2D eigenvalue weighted by atomic mass is 10.1. The summed E-state index contributed by atoms with van der Waals surface area (Å²) >= 11 is 0. The Labute approximate surface area is 218 Å². The maximum Gasteiger partial charge on any atom is 0.174 e. The molecule has 0 fully saturated rings. The molecule has 37 heavy (non-hydrogen) atoms. The zero-order chi connectivity index (χ0) is 26.4. The molecule has 2 aromatic carbocycles. The van der Waals surface area contributed by atoms with Crippen molar-refractivity contribution in [1.29, 1.82) is 0 Å². The van der Waals surface area contributed by atoms with Crippen LogP contribution >= 0.6 is 0 Å². The van der Waals surface area contributed by atoms with Crippen molar-refractivity contribution in [2.75, 3.05) is 39.6 Å². The standard InChI is InChI=1S/C29H38N2O6/c1-7-32-22-15-13-18-24(28(22)36-11-5)26(34-9-3)20(30-18)17-21-27(35-10-4)25-19(31-21)14-16-23(33-8-2)29(25)37-12-6/h13-16,30-31H,7-12,17H2,1-6H3. The van der Waals surface area contributed by atoms with E-state index >= 15 is 0 Å². The van der Waals surface area contributed by atoms with E-state index in [1.54, 1.807) is 0 Å². The molecule has 0 aliphatic rings. The fourth-order valence-corrected chi connectivity index (χ4v) is 4.67. The lowest BCUT2D eigenvalue weighted by Gasteiger charge is -2.14. The molecule has 8 heteroatoms. The minimum absolute atomic E-state index is 0.515. The van der Waals surface area contributed by atoms with Gasteiger partial charge in [0, 0.05) is 6.42 Å². The maximum absolute atomic E-state index is 6.20. The van der Waals surface area contributed by atoms with E-state index in [1.165, 1.54) is 0 Å². The first-order valence-electron chi connectivity index (χ1n) is 13.2. The van der Waals surface area contributed by atoms with E-state index in [4.69, 9.17) is 28.4 Å². The van der Waals surface area contributed by atoms with Crippen LogP contribution in [0.25, 0.3) is 21.8 Å². The average molecular weight is 511 g/mol. The van der Waals surface area contributed by atoms with Gasteiger partial charge in [0.1, 0.15) is 0 Å². The minimum Gasteiger partial charge on any atom is -0.491 e. The summed E-state index contributed by atoms with van der Waals surface area (Å²) in [7, 11) is 0. The molecule has 2 aromatic heterocycles. The van der Waals surface area contributed by atoms with Crippen LogP contribution in [0, 0.1) is 0 Å². The Morgan fingerprint density at radius 2 is 0.811 bits per heavy atom. The zero-order valence-electron chi connectivity index (χ0n) is 22.7. The summed E-state index contributed by atoms with van der Waals surface area (Å²) in [6.07, 6.45) is 0.527. The van der Waals surface area contributed by atoms with Gasteiger partial charge in [-0.15, -0.1) is 0 Å². The van der Waals surface area contributed by atoms with E-state index in [2.05, 4.69) is 9.97 Å². The van der Waals surface area contributed by atoms with Gasteiger partial charge in [0.25, 0.3) is 0 Å². The second-order valence-electron chi connectivity index (χ2n) is 8.27. The van der Waals surface area contributed by atoms with Gasteiger partial charge in [0.05, 0.1) is 72.8 Å². The second-order valence-corrected chi connectivity index (χ2v) is 8.27. The lowest BCUT2D eigenvalue weighted by molar-refractivity contribution is 0.288. The van der Waals surface area contributed by atoms with Crippen LogP contribution in [-0.4, -0.2) is 49.6 Å². The number of aromatic nitrogens is 2. The molecule has 0 radical (unpaired) electrons. The van der Waals surface area contributed by atoms with Crippen LogP contribution in [0.1, 0.15) is 52.9 Å². The summed E-state index contributed by atoms with van der Waals surface area (Å²) in [5.41, 5.74) is 3.69. The van der Waals surface area contributed by atoms with Crippen molar-refractivity contribution >= 4 is 21.8 Å². The van der Waals surface area contributed by atoms with E-state index in [0.717, 1.165) is 44.7 Å². The average Bonchev–Trinajstić information content (AvgIpc) is 3.41. The summed E-state index contributed by atoms with van der Waals surface area (Å²) in [6.45, 7) is 15.0. The highest BCUT2D eigenvalue weighted by Gasteiger charge is 2.25. The number of benzene rings is 2. The Balaban J connectivity index is 1.90. The van der Waals surface area contributed by atoms with E-state index in [-0.39, 0.29) is 0 Å². The van der Waals surface area contributed by atoms with Crippen LogP contribution in [0.15, 0.2) is 24.3 Å². The first-order valence-corrected chi connectivity index (χ1v) is 13.2. The molecule has 0 spiro atoms. The Kier molecular flexibility index (Phi) is 8.58. The normalized spacial score (nSPS) is 11.2. The molecule has 2 heterocycles. The molecule has 0 saturated heterocycles. The molecular weight excluding hydrogens is 472 g/mol. The molecule has 0 bridgehead atoms. The number of nitrogens with one attached hydrogen (secondary N) is 2. The molecule has 0 aliphatic carbocycles. The Bertz CT molecular complexity index is 1240. The van der Waals surface area contributed by atoms with Crippen LogP contribution in [0.4, 0.5) is 0 Å². The van der Waals surface area contributed by atoms with Crippen molar-refractivity contribution < 1.29 is 28.4 Å². The monoisotopic (exact) mass is 510 g/mol. The molecule has 0 aliphatic heterocycles. The van der Waals surface area contributed by atoms with E-state index in [0.29, 0.717) is 69.1 Å². The highest BCUT2D eigenvalue weighted by atomic mass is 16.5. The number of aromatic amines is 2. The fourth-order valence-electron chi connectivity index (χ4n) is 4.67. The van der Waals surface area contributed by atoms with Gasteiger partial charge in [-0.3, -0.25) is 0 Å². The van der Waals surface area contributed by atoms with Gasteiger partial charge < -0.3 is 38.4 Å². The van der Waals surface area contributed by atoms with Gasteiger partial charge in [0.15, 0.2) is 34.5 Å². The van der Waals surface area contributed by atoms with Crippen LogP contribution < -0.4 is 28.4 Å². The van der Waals surface area contributed by atoms with Gasteiger partial charge in [0.2, 0.25) is 0 Å². The Hall–Kier alpha value is -3.68. The molecule has 0 unspecified atom stereocenters. The molecule has 2 N–H and O–H groups in total. The second kappa shape index (κ2) is 12.0. The third-order valence-corrected chi connectivity index (χ3v) is 5.92. The maximum atomic E-state index is 6.20. The molecule has 4 aromatic rings. The molecule has 0 amide bonds. The van der Waals surface area contributed by atoms with Gasteiger partial charge in [-0.05, 0) is 65.8 Å². The molecule has 8 nitrogen and oxygen atoms in total. The summed E-state index contributed by atoms with van der Waals surface area (Å²) in [5, 5.41) is 1.76. The third kappa shape index (κ3) is 5.10. The van der Waals surface area contributed by atoms with Crippen LogP contribution in [0.3, 0.4) is 0 Å². The van der Waals surface area contributed by atoms with Gasteiger partial charge in [-0.25, -0.2) is 0 Å². The van der Waals surface area contributed by atoms with Crippen LogP contribution in [0.5, 0.6) is 34.5 Å². The van der Waals surface area contributed by atoms with E-state index in [9.17, 15) is 0 Å². The van der Waals surface area contributed by atoms with Crippen molar-refractivity contribution in [2.45, 2.75) is 48.0 Å². The fraction of sp³-hybridized carbons (Fsp3) is 0.448. The topological polar surface area (TPSA) is 87.0 Å². The molecule has 0 atom stereocenters. The third-order valence-electron chi connectivity index (χ3n) is 5.92.